The van der Waals surface area contributed by atoms with E-state index >= 15 is 0 Å². The van der Waals surface area contributed by atoms with Crippen molar-refractivity contribution in [2.75, 3.05) is 13.7 Å². The molecule has 6 heteroatoms. The predicted molar refractivity (Wildman–Crippen MR) is 88.0 cm³/mol. The van der Waals surface area contributed by atoms with Gasteiger partial charge in [-0.1, -0.05) is 0 Å². The molecule has 1 fully saturated rings. The highest BCUT2D eigenvalue weighted by atomic mass is 16.5. The van der Waals surface area contributed by atoms with Crippen LogP contribution >= 0.6 is 0 Å². The van der Waals surface area contributed by atoms with Crippen LogP contribution in [-0.4, -0.2) is 41.6 Å². The maximum atomic E-state index is 12.7. The van der Waals surface area contributed by atoms with Crippen molar-refractivity contribution in [3.05, 3.63) is 30.0 Å². The first-order chi connectivity index (χ1) is 11.5. The molecule has 1 amide bonds. The van der Waals surface area contributed by atoms with Gasteiger partial charge >= 0.3 is 5.97 Å². The first kappa shape index (κ1) is 16.4. The van der Waals surface area contributed by atoms with Gasteiger partial charge in [0.2, 0.25) is 5.91 Å². The number of ether oxygens (including phenoxy) is 1. The number of likely N-dealkylation sites (tertiary alicyclic amines) is 1. The summed E-state index contributed by atoms with van der Waals surface area (Å²) in [5.41, 5.74) is 1.48. The Morgan fingerprint density at radius 2 is 2.21 bits per heavy atom. The number of carbonyl (C=O) groups is 2. The number of piperidine rings is 1. The number of hydrogen-bond donors (Lipinski definition) is 1. The number of fused-ring (bicyclic) bond motifs is 1. The fraction of sp³-hybridized carbons (Fsp3) is 0.444. The van der Waals surface area contributed by atoms with E-state index in [4.69, 9.17) is 9.15 Å². The molecule has 0 saturated carbocycles. The number of methoxy groups -OCH3 is 1. The molecular formula is C18H21NO5. The van der Waals surface area contributed by atoms with Gasteiger partial charge in [-0.3, -0.25) is 9.59 Å². The predicted octanol–water partition coefficient (Wildman–Crippen LogP) is 2.70. The highest BCUT2D eigenvalue weighted by Crippen LogP contribution is 2.28. The molecule has 1 aromatic carbocycles. The average molecular weight is 331 g/mol. The first-order valence-electron chi connectivity index (χ1n) is 8.07. The van der Waals surface area contributed by atoms with Crippen molar-refractivity contribution in [1.82, 2.24) is 4.90 Å². The third kappa shape index (κ3) is 2.96. The van der Waals surface area contributed by atoms with Crippen molar-refractivity contribution in [3.8, 4) is 5.75 Å². The first-order valence-corrected chi connectivity index (χ1v) is 8.07. The van der Waals surface area contributed by atoms with Gasteiger partial charge in [0.1, 0.15) is 11.3 Å². The minimum absolute atomic E-state index is 0.0630. The number of aliphatic carboxylic acids is 1. The molecule has 2 aromatic rings. The van der Waals surface area contributed by atoms with Crippen LogP contribution < -0.4 is 4.74 Å². The Morgan fingerprint density at radius 3 is 2.92 bits per heavy atom. The molecule has 128 valence electrons. The Hall–Kier alpha value is -2.50. The van der Waals surface area contributed by atoms with Crippen LogP contribution in [-0.2, 0) is 16.0 Å². The van der Waals surface area contributed by atoms with Crippen molar-refractivity contribution in [2.24, 2.45) is 5.92 Å². The van der Waals surface area contributed by atoms with Crippen molar-refractivity contribution >= 4 is 22.8 Å². The standard InChI is InChI=1S/C18H21NO5/c1-11-14(18(21)22)4-3-7-19(11)17(20)8-12-10-24-16-9-13(23-2)5-6-15(12)16/h5-6,9-11,14H,3-4,7-8H2,1-2H3,(H,21,22)/t11-,14-/m0/s1. The summed E-state index contributed by atoms with van der Waals surface area (Å²) in [7, 11) is 1.59. The summed E-state index contributed by atoms with van der Waals surface area (Å²) < 4.78 is 10.7. The lowest BCUT2D eigenvalue weighted by Gasteiger charge is -2.37. The molecule has 0 spiro atoms. The minimum atomic E-state index is -0.833. The van der Waals surface area contributed by atoms with Gasteiger partial charge in [-0.25, -0.2) is 0 Å². The molecule has 0 bridgehead atoms. The largest absolute Gasteiger partial charge is 0.497 e. The molecule has 0 aliphatic carbocycles. The molecule has 0 radical (unpaired) electrons. The zero-order valence-electron chi connectivity index (χ0n) is 13.8. The quantitative estimate of drug-likeness (QED) is 0.932. The Kier molecular flexibility index (Phi) is 4.46. The van der Waals surface area contributed by atoms with E-state index in [0.717, 1.165) is 17.4 Å². The number of nitrogens with zero attached hydrogens (tertiary/aromatic N) is 1. The smallest absolute Gasteiger partial charge is 0.308 e. The van der Waals surface area contributed by atoms with Gasteiger partial charge in [0.25, 0.3) is 0 Å². The minimum Gasteiger partial charge on any atom is -0.497 e. The highest BCUT2D eigenvalue weighted by Gasteiger charge is 2.35. The maximum absolute atomic E-state index is 12.7. The van der Waals surface area contributed by atoms with Crippen LogP contribution in [0.4, 0.5) is 0 Å². The van der Waals surface area contributed by atoms with Gasteiger partial charge in [0, 0.05) is 29.6 Å². The number of rotatable bonds is 4. The zero-order chi connectivity index (χ0) is 17.3. The van der Waals surface area contributed by atoms with Gasteiger partial charge in [-0.05, 0) is 31.9 Å². The van der Waals surface area contributed by atoms with E-state index in [9.17, 15) is 14.7 Å². The van der Waals surface area contributed by atoms with E-state index in [1.807, 2.05) is 19.1 Å². The summed E-state index contributed by atoms with van der Waals surface area (Å²) in [5.74, 6) is -0.690. The molecule has 3 rings (SSSR count). The van der Waals surface area contributed by atoms with Crippen LogP contribution in [0, 0.1) is 5.92 Å². The number of hydrogen-bond acceptors (Lipinski definition) is 4. The fourth-order valence-electron chi connectivity index (χ4n) is 3.42. The van der Waals surface area contributed by atoms with Crippen molar-refractivity contribution in [1.29, 1.82) is 0 Å². The van der Waals surface area contributed by atoms with Crippen LogP contribution in [0.15, 0.2) is 28.9 Å². The summed E-state index contributed by atoms with van der Waals surface area (Å²) in [6, 6.07) is 5.20. The lowest BCUT2D eigenvalue weighted by atomic mass is 9.90. The molecule has 1 aliphatic rings. The van der Waals surface area contributed by atoms with E-state index in [2.05, 4.69) is 0 Å². The third-order valence-electron chi connectivity index (χ3n) is 4.83. The van der Waals surface area contributed by atoms with Gasteiger partial charge < -0.3 is 19.2 Å². The summed E-state index contributed by atoms with van der Waals surface area (Å²) in [4.78, 5) is 25.7. The number of carboxylic acid groups (broad SMARTS) is 1. The highest BCUT2D eigenvalue weighted by molar-refractivity contribution is 5.88. The van der Waals surface area contributed by atoms with Crippen molar-refractivity contribution < 1.29 is 23.8 Å². The van der Waals surface area contributed by atoms with Crippen LogP contribution in [0.2, 0.25) is 0 Å². The maximum Gasteiger partial charge on any atom is 0.308 e. The second-order valence-corrected chi connectivity index (χ2v) is 6.21. The normalized spacial score (nSPS) is 21.0. The average Bonchev–Trinajstić information content (AvgIpc) is 2.96. The Morgan fingerprint density at radius 1 is 1.42 bits per heavy atom. The third-order valence-corrected chi connectivity index (χ3v) is 4.83. The molecule has 0 unspecified atom stereocenters. The SMILES string of the molecule is COc1ccc2c(CC(=O)N3CCC[C@H](C(=O)O)[C@@H]3C)coc2c1. The molecule has 6 nitrogen and oxygen atoms in total. The molecule has 2 atom stereocenters. The summed E-state index contributed by atoms with van der Waals surface area (Å²) >= 11 is 0. The second kappa shape index (κ2) is 6.55. The fourth-order valence-corrected chi connectivity index (χ4v) is 3.42. The molecule has 1 saturated heterocycles. The molecule has 1 aromatic heterocycles. The zero-order valence-corrected chi connectivity index (χ0v) is 13.8. The molecule has 2 heterocycles. The van der Waals surface area contributed by atoms with E-state index in [0.29, 0.717) is 24.3 Å². The summed E-state index contributed by atoms with van der Waals surface area (Å²) in [6.07, 6.45) is 3.13. The molecular weight excluding hydrogens is 310 g/mol. The summed E-state index contributed by atoms with van der Waals surface area (Å²) in [5, 5.41) is 10.2. The van der Waals surface area contributed by atoms with Gasteiger partial charge in [-0.15, -0.1) is 0 Å². The topological polar surface area (TPSA) is 80.0 Å². The van der Waals surface area contributed by atoms with E-state index in [1.54, 1.807) is 24.3 Å². The molecule has 1 N–H and O–H groups in total. The molecule has 1 aliphatic heterocycles. The van der Waals surface area contributed by atoms with Gasteiger partial charge in [0.15, 0.2) is 0 Å². The van der Waals surface area contributed by atoms with E-state index in [1.165, 1.54) is 0 Å². The van der Waals surface area contributed by atoms with Crippen LogP contribution in [0.3, 0.4) is 0 Å². The number of furan rings is 1. The van der Waals surface area contributed by atoms with Crippen molar-refractivity contribution in [3.63, 3.8) is 0 Å². The van der Waals surface area contributed by atoms with Crippen LogP contribution in [0.5, 0.6) is 5.75 Å². The number of benzene rings is 1. The summed E-state index contributed by atoms with van der Waals surface area (Å²) in [6.45, 7) is 2.42. The van der Waals surface area contributed by atoms with Gasteiger partial charge in [0.05, 0.1) is 25.7 Å². The van der Waals surface area contributed by atoms with Crippen molar-refractivity contribution in [2.45, 2.75) is 32.2 Å². The van der Waals surface area contributed by atoms with E-state index in [-0.39, 0.29) is 18.4 Å². The lowest BCUT2D eigenvalue weighted by molar-refractivity contribution is -0.148. The number of amides is 1. The number of carboxylic acids is 1. The lowest BCUT2D eigenvalue weighted by Crippen LogP contribution is -2.49. The van der Waals surface area contributed by atoms with E-state index < -0.39 is 11.9 Å². The Balaban J connectivity index is 1.78. The van der Waals surface area contributed by atoms with Crippen LogP contribution in [0.25, 0.3) is 11.0 Å². The second-order valence-electron chi connectivity index (χ2n) is 6.21. The van der Waals surface area contributed by atoms with Gasteiger partial charge in [-0.2, -0.15) is 0 Å². The Bertz CT molecular complexity index is 766. The van der Waals surface area contributed by atoms with Crippen LogP contribution in [0.1, 0.15) is 25.3 Å². The number of carbonyl (C=O) groups excluding carboxylic acids is 1. The monoisotopic (exact) mass is 331 g/mol. The molecule has 24 heavy (non-hydrogen) atoms. The Labute approximate surface area is 140 Å².